The fourth-order valence-electron chi connectivity index (χ4n) is 7.36. The summed E-state index contributed by atoms with van der Waals surface area (Å²) in [6.45, 7) is 9.67. The van der Waals surface area contributed by atoms with Crippen LogP contribution in [-0.2, 0) is 21.2 Å². The number of carboxylic acid groups (broad SMARTS) is 1. The van der Waals surface area contributed by atoms with E-state index < -0.39 is 34.0 Å². The highest BCUT2D eigenvalue weighted by Gasteiger charge is 2.32. The van der Waals surface area contributed by atoms with Crippen molar-refractivity contribution in [2.24, 2.45) is 4.99 Å². The van der Waals surface area contributed by atoms with E-state index in [1.807, 2.05) is 62.6 Å². The monoisotopic (exact) mass is 838 g/mol. The first-order valence-corrected chi connectivity index (χ1v) is 21.3. The van der Waals surface area contributed by atoms with Crippen molar-refractivity contribution in [3.8, 4) is 22.3 Å². The first-order valence-electron chi connectivity index (χ1n) is 19.0. The Balaban J connectivity index is 0.956. The zero-order valence-electron chi connectivity index (χ0n) is 33.1. The Kier molecular flexibility index (Phi) is 10.4. The number of anilines is 1. The smallest absolute Gasteiger partial charge is 0.306 e. The molecule has 2 atom stereocenters. The second-order valence-electron chi connectivity index (χ2n) is 14.4. The van der Waals surface area contributed by atoms with Gasteiger partial charge >= 0.3 is 5.97 Å². The van der Waals surface area contributed by atoms with Gasteiger partial charge in [0.15, 0.2) is 5.82 Å². The number of aryl methyl sites for hydroxylation is 3. The van der Waals surface area contributed by atoms with E-state index >= 15 is 0 Å². The first-order chi connectivity index (χ1) is 28.8. The van der Waals surface area contributed by atoms with Crippen LogP contribution < -0.4 is 10.0 Å². The molecule has 1 unspecified atom stereocenters. The first kappa shape index (κ1) is 39.8. The molecule has 15 nitrogen and oxygen atoms in total. The minimum atomic E-state index is -3.98. The van der Waals surface area contributed by atoms with E-state index in [2.05, 4.69) is 41.3 Å². The maximum absolute atomic E-state index is 13.4. The molecular weight excluding hydrogens is 801 g/mol. The summed E-state index contributed by atoms with van der Waals surface area (Å²) < 4.78 is 31.3. The van der Waals surface area contributed by atoms with Crippen molar-refractivity contribution in [1.29, 1.82) is 5.26 Å². The van der Waals surface area contributed by atoms with Gasteiger partial charge in [-0.15, -0.1) is 21.5 Å². The van der Waals surface area contributed by atoms with E-state index in [1.54, 1.807) is 42.7 Å². The Morgan fingerprint density at radius 2 is 1.73 bits per heavy atom. The van der Waals surface area contributed by atoms with Gasteiger partial charge in [-0.1, -0.05) is 49.4 Å². The fourth-order valence-corrected chi connectivity index (χ4v) is 9.65. The van der Waals surface area contributed by atoms with Crippen molar-refractivity contribution in [1.82, 2.24) is 35.0 Å². The molecule has 4 aromatic heterocycles. The number of nitriles is 1. The summed E-state index contributed by atoms with van der Waals surface area (Å²) in [6, 6.07) is 18.2. The van der Waals surface area contributed by atoms with Crippen LogP contribution >= 0.6 is 11.3 Å². The molecule has 0 spiro atoms. The zero-order valence-corrected chi connectivity index (χ0v) is 34.7. The van der Waals surface area contributed by atoms with Crippen LogP contribution in [-0.4, -0.2) is 60.8 Å². The summed E-state index contributed by atoms with van der Waals surface area (Å²) in [7, 11) is -3.98. The SMILES string of the molecule is CCc1ccc(NS(=O)(=O)c2ccc(C(C)NC(=O)c3cnc(-c4ccc(C5=N[C@@H](CC(=O)O)c6nnc(C)n6-c6sc(C)c(C)c65)cc4)cn3)cc2)c2[nH]cc(C#N)c12. The number of sulfonamides is 1. The van der Waals surface area contributed by atoms with Crippen LogP contribution in [0.15, 0.2) is 89.1 Å². The summed E-state index contributed by atoms with van der Waals surface area (Å²) >= 11 is 1.59. The molecule has 1 aliphatic heterocycles. The second-order valence-corrected chi connectivity index (χ2v) is 17.3. The fraction of sp³-hybridized carbons (Fsp3) is 0.209. The summed E-state index contributed by atoms with van der Waals surface area (Å²) in [5, 5.41) is 32.4. The number of fused-ring (bicyclic) bond motifs is 4. The van der Waals surface area contributed by atoms with Crippen LogP contribution in [0.2, 0.25) is 0 Å². The molecule has 0 radical (unpaired) electrons. The Hall–Kier alpha value is -7.03. The van der Waals surface area contributed by atoms with Crippen molar-refractivity contribution < 1.29 is 23.1 Å². The number of aromatic amines is 1. The molecule has 4 N–H and O–H groups in total. The molecule has 8 rings (SSSR count). The quantitative estimate of drug-likeness (QED) is 0.102. The number of amides is 1. The number of carbonyl (C=O) groups excluding carboxylic acids is 1. The number of H-pyrrole nitrogens is 1. The molecule has 7 aromatic rings. The van der Waals surface area contributed by atoms with Gasteiger partial charge in [-0.3, -0.25) is 28.9 Å². The van der Waals surface area contributed by atoms with Gasteiger partial charge in [0.25, 0.3) is 15.9 Å². The number of nitrogens with one attached hydrogen (secondary N) is 3. The van der Waals surface area contributed by atoms with E-state index in [1.165, 1.54) is 24.5 Å². The molecule has 0 bridgehead atoms. The number of rotatable bonds is 11. The number of nitrogens with zero attached hydrogens (tertiary/aromatic N) is 7. The topological polar surface area (TPSA) is 221 Å². The average molecular weight is 839 g/mol. The normalized spacial score (nSPS) is 14.1. The number of aliphatic carboxylic acids is 1. The van der Waals surface area contributed by atoms with Crippen molar-refractivity contribution in [3.63, 3.8) is 0 Å². The van der Waals surface area contributed by atoms with Gasteiger partial charge in [0, 0.05) is 33.2 Å². The Morgan fingerprint density at radius 1 is 1.00 bits per heavy atom. The zero-order chi connectivity index (χ0) is 42.5. The molecule has 5 heterocycles. The highest BCUT2D eigenvalue weighted by Crippen LogP contribution is 2.40. The van der Waals surface area contributed by atoms with Gasteiger partial charge in [0.2, 0.25) is 0 Å². The molecule has 0 saturated heterocycles. The number of benzene rings is 3. The number of carbonyl (C=O) groups is 2. The van der Waals surface area contributed by atoms with E-state index in [0.717, 1.165) is 37.7 Å². The standard InChI is InChI=1S/C43H38N10O5S2/c1-6-26-13-16-32(40-38(26)30(18-44)19-47-40)52-60(57,58)31-14-11-27(12-15-31)23(3)48-42(56)35-21-45-34(20-46-35)28-7-9-29(10-8-28)39-37-22(2)24(4)59-43(37)53-25(5)50-51-41(53)33(49-39)17-36(54)55/h7-16,19-21,23,33,47,52H,6,17H2,1-5H3,(H,48,56)(H,54,55)/t23?,33-/m0/s1. The summed E-state index contributed by atoms with van der Waals surface area (Å²) in [5.74, 6) is -0.306. The predicted molar refractivity (Wildman–Crippen MR) is 227 cm³/mol. The number of hydrogen-bond donors (Lipinski definition) is 4. The third kappa shape index (κ3) is 7.20. The maximum atomic E-state index is 13.4. The van der Waals surface area contributed by atoms with Crippen LogP contribution in [0.3, 0.4) is 0 Å². The van der Waals surface area contributed by atoms with Gasteiger partial charge in [-0.05, 0) is 69.0 Å². The Labute approximate surface area is 349 Å². The van der Waals surface area contributed by atoms with Crippen molar-refractivity contribution >= 4 is 55.5 Å². The van der Waals surface area contributed by atoms with Crippen LogP contribution in [0.4, 0.5) is 5.69 Å². The minimum absolute atomic E-state index is 0.0328. The number of aromatic nitrogens is 6. The lowest BCUT2D eigenvalue weighted by Gasteiger charge is -2.15. The largest absolute Gasteiger partial charge is 0.481 e. The van der Waals surface area contributed by atoms with E-state index in [9.17, 15) is 28.4 Å². The Bertz CT molecular complexity index is 3010. The minimum Gasteiger partial charge on any atom is -0.481 e. The van der Waals surface area contributed by atoms with Gasteiger partial charge in [-0.25, -0.2) is 13.4 Å². The lowest BCUT2D eigenvalue weighted by Crippen LogP contribution is -2.27. The molecule has 302 valence electrons. The lowest BCUT2D eigenvalue weighted by atomic mass is 9.98. The van der Waals surface area contributed by atoms with E-state index in [0.29, 0.717) is 57.2 Å². The van der Waals surface area contributed by atoms with Gasteiger partial charge in [0.1, 0.15) is 28.6 Å². The van der Waals surface area contributed by atoms with E-state index in [-0.39, 0.29) is 17.0 Å². The average Bonchev–Trinajstić information content (AvgIpc) is 3.91. The highest BCUT2D eigenvalue weighted by atomic mass is 32.2. The molecule has 0 aliphatic carbocycles. The van der Waals surface area contributed by atoms with Crippen LogP contribution in [0, 0.1) is 32.1 Å². The number of hydrogen-bond acceptors (Lipinski definition) is 11. The van der Waals surface area contributed by atoms with Crippen LogP contribution in [0.5, 0.6) is 0 Å². The predicted octanol–water partition coefficient (Wildman–Crippen LogP) is 7.29. The molecule has 3 aromatic carbocycles. The molecule has 0 fully saturated rings. The van der Waals surface area contributed by atoms with Gasteiger partial charge in [-0.2, -0.15) is 5.26 Å². The number of carboxylic acids is 1. The molecule has 17 heteroatoms. The summed E-state index contributed by atoms with van der Waals surface area (Å²) in [4.78, 5) is 43.2. The molecule has 1 aliphatic rings. The molecule has 1 amide bonds. The van der Waals surface area contributed by atoms with Crippen molar-refractivity contribution in [2.45, 2.75) is 64.4 Å². The highest BCUT2D eigenvalue weighted by molar-refractivity contribution is 7.92. The van der Waals surface area contributed by atoms with Crippen LogP contribution in [0.1, 0.15) is 92.7 Å². The molecule has 60 heavy (non-hydrogen) atoms. The van der Waals surface area contributed by atoms with Crippen molar-refractivity contribution in [2.75, 3.05) is 4.72 Å². The third-order valence-corrected chi connectivity index (χ3v) is 13.2. The van der Waals surface area contributed by atoms with Gasteiger partial charge in [0.05, 0.1) is 57.9 Å². The Morgan fingerprint density at radius 3 is 2.40 bits per heavy atom. The van der Waals surface area contributed by atoms with Crippen LogP contribution in [0.25, 0.3) is 27.2 Å². The summed E-state index contributed by atoms with van der Waals surface area (Å²) in [5.41, 5.74) is 7.73. The van der Waals surface area contributed by atoms with Crippen molar-refractivity contribution in [3.05, 3.63) is 135 Å². The summed E-state index contributed by atoms with van der Waals surface area (Å²) in [6.07, 6.45) is 4.93. The number of thiophene rings is 1. The molecular formula is C43H38N10O5S2. The second kappa shape index (κ2) is 15.6. The third-order valence-electron chi connectivity index (χ3n) is 10.7. The maximum Gasteiger partial charge on any atom is 0.306 e. The lowest BCUT2D eigenvalue weighted by molar-refractivity contribution is -0.137. The number of aliphatic imine (C=N–C) groups is 1. The van der Waals surface area contributed by atoms with Gasteiger partial charge < -0.3 is 15.4 Å². The molecule has 0 saturated carbocycles. The van der Waals surface area contributed by atoms with E-state index in [4.69, 9.17) is 4.99 Å².